The molecule has 0 aromatic heterocycles. The molecule has 0 aliphatic rings. The minimum atomic E-state index is 0. The summed E-state index contributed by atoms with van der Waals surface area (Å²) in [5.74, 6) is 0. The molecule has 0 N–H and O–H groups in total. The zero-order valence-corrected chi connectivity index (χ0v) is 4.14. The molecular formula is H3BCoFeNi. The third kappa shape index (κ3) is 9.54. The van der Waals surface area contributed by atoms with E-state index in [0.29, 0.717) is 0 Å². The van der Waals surface area contributed by atoms with Gasteiger partial charge in [-0.25, -0.2) is 0 Å². The van der Waals surface area contributed by atoms with E-state index in [1.54, 1.807) is 0 Å². The van der Waals surface area contributed by atoms with Crippen molar-refractivity contribution in [2.45, 2.75) is 0 Å². The predicted molar refractivity (Wildman–Crippen MR) is 9.94 cm³/mol. The molecular weight excluding hydrogens is 184 g/mol. The van der Waals surface area contributed by atoms with Crippen LogP contribution in [0.1, 0.15) is 0 Å². The third-order valence-corrected chi connectivity index (χ3v) is 0. The van der Waals surface area contributed by atoms with E-state index in [0.717, 1.165) is 0 Å². The molecule has 0 atom stereocenters. The fourth-order valence-electron chi connectivity index (χ4n) is 0. The Hall–Kier alpha value is 1.58. The Morgan fingerprint density at radius 3 is 1.00 bits per heavy atom. The van der Waals surface area contributed by atoms with E-state index in [9.17, 15) is 0 Å². The summed E-state index contributed by atoms with van der Waals surface area (Å²) in [4.78, 5) is 0. The van der Waals surface area contributed by atoms with Gasteiger partial charge in [0, 0.05) is 50.3 Å². The first-order valence-corrected chi connectivity index (χ1v) is 0. The molecule has 0 rings (SSSR count). The van der Waals surface area contributed by atoms with Gasteiger partial charge in [-0.1, -0.05) is 0 Å². The van der Waals surface area contributed by atoms with Crippen molar-refractivity contribution in [2.24, 2.45) is 0 Å². The van der Waals surface area contributed by atoms with Crippen molar-refractivity contribution in [2.75, 3.05) is 0 Å². The van der Waals surface area contributed by atoms with E-state index < -0.39 is 0 Å². The van der Waals surface area contributed by atoms with Gasteiger partial charge in [-0.2, -0.15) is 0 Å². The van der Waals surface area contributed by atoms with Crippen LogP contribution in [0.15, 0.2) is 0 Å². The second kappa shape index (κ2) is 23.5. The molecule has 1 radical (unpaired) electrons. The Morgan fingerprint density at radius 1 is 1.00 bits per heavy atom. The zero-order valence-electron chi connectivity index (χ0n) is 1.00. The molecule has 0 aliphatic heterocycles. The summed E-state index contributed by atoms with van der Waals surface area (Å²) >= 11 is 0. The van der Waals surface area contributed by atoms with E-state index in [-0.39, 0.29) is 58.8 Å². The summed E-state index contributed by atoms with van der Waals surface area (Å²) in [5, 5.41) is 0. The Morgan fingerprint density at radius 2 is 1.00 bits per heavy atom. The van der Waals surface area contributed by atoms with Crippen LogP contribution in [0, 0.1) is 0 Å². The van der Waals surface area contributed by atoms with Gasteiger partial charge in [0.1, 0.15) is 0 Å². The molecule has 0 unspecified atom stereocenters. The topological polar surface area (TPSA) is 0 Å². The van der Waals surface area contributed by atoms with Crippen molar-refractivity contribution in [3.05, 3.63) is 0 Å². The number of hydrogen-bond acceptors (Lipinski definition) is 0. The Labute approximate surface area is 58.7 Å². The van der Waals surface area contributed by atoms with Gasteiger partial charge in [-0.3, -0.25) is 0 Å². The molecule has 0 heterocycles. The van der Waals surface area contributed by atoms with Gasteiger partial charge in [0.05, 0.1) is 8.41 Å². The second-order valence-corrected chi connectivity index (χ2v) is 0. The summed E-state index contributed by atoms with van der Waals surface area (Å²) in [6.07, 6.45) is 0. The summed E-state index contributed by atoms with van der Waals surface area (Å²) in [5.41, 5.74) is 0. The molecule has 4 heavy (non-hydrogen) atoms. The molecule has 0 nitrogen and oxygen atoms in total. The van der Waals surface area contributed by atoms with Crippen LogP contribution < -0.4 is 0 Å². The first-order chi connectivity index (χ1) is 0. The third-order valence-electron chi connectivity index (χ3n) is 0. The van der Waals surface area contributed by atoms with Crippen LogP contribution >= 0.6 is 0 Å². The first kappa shape index (κ1) is 46.8. The molecule has 0 aliphatic carbocycles. The van der Waals surface area contributed by atoms with Gasteiger partial charge in [-0.15, -0.1) is 0 Å². The van der Waals surface area contributed by atoms with Crippen LogP contribution in [0.5, 0.6) is 0 Å². The maximum atomic E-state index is 0. The van der Waals surface area contributed by atoms with Crippen molar-refractivity contribution < 1.29 is 50.3 Å². The molecule has 0 fully saturated rings. The Balaban J connectivity index is 0. The largest absolute Gasteiger partial charge is 0.0814 e. The van der Waals surface area contributed by atoms with E-state index >= 15 is 0 Å². The molecule has 0 aromatic carbocycles. The van der Waals surface area contributed by atoms with Gasteiger partial charge in [-0.05, 0) is 0 Å². The van der Waals surface area contributed by atoms with Crippen molar-refractivity contribution in [1.29, 1.82) is 0 Å². The van der Waals surface area contributed by atoms with E-state index in [1.807, 2.05) is 0 Å². The van der Waals surface area contributed by atoms with E-state index in [1.165, 1.54) is 0 Å². The predicted octanol–water partition coefficient (Wildman–Crippen LogP) is -1.19. The monoisotopic (exact) mass is 187 g/mol. The maximum Gasteiger partial charge on any atom is 0.0814 e. The van der Waals surface area contributed by atoms with Gasteiger partial charge < -0.3 is 0 Å². The van der Waals surface area contributed by atoms with Gasteiger partial charge in [0.15, 0.2) is 0 Å². The van der Waals surface area contributed by atoms with Gasteiger partial charge in [0.2, 0.25) is 0 Å². The molecule has 33 valence electrons. The molecule has 0 amide bonds. The maximum absolute atomic E-state index is 0. The molecule has 4 heteroatoms. The van der Waals surface area contributed by atoms with Crippen molar-refractivity contribution in [3.63, 3.8) is 0 Å². The van der Waals surface area contributed by atoms with Crippen LogP contribution in [0.2, 0.25) is 0 Å². The van der Waals surface area contributed by atoms with Crippen LogP contribution in [0.25, 0.3) is 0 Å². The van der Waals surface area contributed by atoms with Gasteiger partial charge >= 0.3 is 0 Å². The van der Waals surface area contributed by atoms with Crippen LogP contribution in [0.3, 0.4) is 0 Å². The SMILES string of the molecule is B.[Co].[Fe].[Ni]. The minimum Gasteiger partial charge on any atom is 0 e. The molecule has 0 bridgehead atoms. The van der Waals surface area contributed by atoms with Crippen molar-refractivity contribution in [1.82, 2.24) is 0 Å². The molecule has 0 saturated carbocycles. The standard InChI is InChI=1S/BH3.Co.Fe.Ni/h1H3;;;. The zero-order chi connectivity index (χ0) is 0. The number of hydrogen-bond donors (Lipinski definition) is 0. The molecule has 0 saturated heterocycles. The fourth-order valence-corrected chi connectivity index (χ4v) is 0. The smallest absolute Gasteiger partial charge is 0 e. The summed E-state index contributed by atoms with van der Waals surface area (Å²) in [6, 6.07) is 0. The van der Waals surface area contributed by atoms with Crippen LogP contribution in [-0.2, 0) is 50.3 Å². The Bertz CT molecular complexity index is 8.00. The van der Waals surface area contributed by atoms with E-state index in [4.69, 9.17) is 0 Å². The van der Waals surface area contributed by atoms with E-state index in [2.05, 4.69) is 0 Å². The quantitative estimate of drug-likeness (QED) is 0.418. The van der Waals surface area contributed by atoms with Crippen molar-refractivity contribution in [3.8, 4) is 0 Å². The normalized spacial score (nSPS) is 0. The van der Waals surface area contributed by atoms with Crippen LogP contribution in [0.4, 0.5) is 0 Å². The first-order valence-electron chi connectivity index (χ1n) is 0. The summed E-state index contributed by atoms with van der Waals surface area (Å²) in [6.45, 7) is 0. The number of rotatable bonds is 0. The van der Waals surface area contributed by atoms with Gasteiger partial charge in [0.25, 0.3) is 0 Å². The summed E-state index contributed by atoms with van der Waals surface area (Å²) in [7, 11) is 0. The average molecular weight is 187 g/mol. The molecule has 0 aromatic rings. The minimum absolute atomic E-state index is 0. The average Bonchev–Trinajstić information content (AvgIpc) is 0. The fraction of sp³-hybridized carbons (Fsp3) is 0. The Kier molecular flexibility index (Phi) is 274. The van der Waals surface area contributed by atoms with Crippen LogP contribution in [-0.4, -0.2) is 8.41 Å². The molecule has 0 spiro atoms. The van der Waals surface area contributed by atoms with Crippen molar-refractivity contribution >= 4 is 8.41 Å². The second-order valence-electron chi connectivity index (χ2n) is 0. The summed E-state index contributed by atoms with van der Waals surface area (Å²) < 4.78 is 0.